The van der Waals surface area contributed by atoms with Gasteiger partial charge in [-0.2, -0.15) is 0 Å². The van der Waals surface area contributed by atoms with Crippen molar-refractivity contribution in [3.05, 3.63) is 65.2 Å². The van der Waals surface area contributed by atoms with Crippen LogP contribution in [-0.2, 0) is 6.42 Å². The van der Waals surface area contributed by atoms with Crippen molar-refractivity contribution in [3.63, 3.8) is 0 Å². The molecule has 1 heterocycles. The number of halogens is 1. The van der Waals surface area contributed by atoms with Crippen LogP contribution in [-0.4, -0.2) is 29.4 Å². The lowest BCUT2D eigenvalue weighted by molar-refractivity contribution is 0.0939. The molecule has 0 aliphatic carbocycles. The molecule has 2 aromatic rings. The van der Waals surface area contributed by atoms with Gasteiger partial charge in [0, 0.05) is 25.0 Å². The highest BCUT2D eigenvalue weighted by molar-refractivity contribution is 5.99. The number of rotatable bonds is 7. The second-order valence-electron chi connectivity index (χ2n) is 5.84. The molecule has 0 spiro atoms. The molecule has 0 fully saturated rings. The van der Waals surface area contributed by atoms with Gasteiger partial charge in [0.25, 0.3) is 11.8 Å². The molecule has 5 nitrogen and oxygen atoms in total. The molecular weight excluding hydrogens is 321 g/mol. The summed E-state index contributed by atoms with van der Waals surface area (Å²) >= 11 is 0. The smallest absolute Gasteiger partial charge is 0.253 e. The number of nitrogens with zero attached hydrogens (tertiary/aromatic N) is 1. The number of nitrogens with one attached hydrogen (secondary N) is 2. The molecule has 1 atom stereocenters. The minimum absolute atomic E-state index is 0.0470. The van der Waals surface area contributed by atoms with Crippen LogP contribution < -0.4 is 10.6 Å². The molecular formula is C19H22FN3O2. The van der Waals surface area contributed by atoms with E-state index in [1.165, 1.54) is 24.5 Å². The Balaban J connectivity index is 1.94. The van der Waals surface area contributed by atoms with Crippen LogP contribution in [0.1, 0.15) is 46.5 Å². The van der Waals surface area contributed by atoms with Crippen molar-refractivity contribution in [2.75, 3.05) is 6.54 Å². The van der Waals surface area contributed by atoms with Crippen molar-refractivity contribution in [2.24, 2.45) is 0 Å². The van der Waals surface area contributed by atoms with Crippen molar-refractivity contribution in [1.82, 2.24) is 15.6 Å². The van der Waals surface area contributed by atoms with E-state index < -0.39 is 0 Å². The third kappa shape index (κ3) is 5.38. The zero-order valence-electron chi connectivity index (χ0n) is 14.4. The third-order valence-corrected chi connectivity index (χ3v) is 3.89. The summed E-state index contributed by atoms with van der Waals surface area (Å²) in [5.41, 5.74) is 1.18. The van der Waals surface area contributed by atoms with Crippen molar-refractivity contribution in [3.8, 4) is 0 Å². The summed E-state index contributed by atoms with van der Waals surface area (Å²) in [7, 11) is 0. The normalized spacial score (nSPS) is 11.6. The number of carbonyl (C=O) groups excluding carboxylic acids is 2. The maximum absolute atomic E-state index is 13.5. The van der Waals surface area contributed by atoms with Gasteiger partial charge in [0.1, 0.15) is 5.82 Å². The maximum Gasteiger partial charge on any atom is 0.253 e. The van der Waals surface area contributed by atoms with Crippen molar-refractivity contribution in [2.45, 2.75) is 32.7 Å². The Kier molecular flexibility index (Phi) is 6.62. The van der Waals surface area contributed by atoms with Crippen LogP contribution in [0.4, 0.5) is 4.39 Å². The number of hydrogen-bond donors (Lipinski definition) is 2. The average Bonchev–Trinajstić information content (AvgIpc) is 2.63. The van der Waals surface area contributed by atoms with Crippen LogP contribution in [0.2, 0.25) is 0 Å². The van der Waals surface area contributed by atoms with Gasteiger partial charge in [-0.15, -0.1) is 0 Å². The highest BCUT2D eigenvalue weighted by atomic mass is 19.1. The topological polar surface area (TPSA) is 71.1 Å². The highest BCUT2D eigenvalue weighted by Gasteiger charge is 2.13. The van der Waals surface area contributed by atoms with E-state index in [9.17, 15) is 14.0 Å². The molecule has 0 saturated carbocycles. The van der Waals surface area contributed by atoms with Gasteiger partial charge in [-0.1, -0.05) is 25.1 Å². The van der Waals surface area contributed by atoms with Crippen molar-refractivity contribution in [1.29, 1.82) is 0 Å². The minimum atomic E-state index is -0.345. The molecule has 0 radical (unpaired) electrons. The first-order valence-electron chi connectivity index (χ1n) is 8.28. The zero-order valence-corrected chi connectivity index (χ0v) is 14.4. The van der Waals surface area contributed by atoms with E-state index in [0.29, 0.717) is 29.7 Å². The fourth-order valence-electron chi connectivity index (χ4n) is 2.21. The Bertz CT molecular complexity index is 749. The van der Waals surface area contributed by atoms with E-state index >= 15 is 0 Å². The molecule has 2 N–H and O–H groups in total. The first-order chi connectivity index (χ1) is 12.0. The predicted octanol–water partition coefficient (Wildman–Crippen LogP) is 2.72. The maximum atomic E-state index is 13.5. The first kappa shape index (κ1) is 18.6. The molecule has 2 rings (SSSR count). The summed E-state index contributed by atoms with van der Waals surface area (Å²) in [5, 5.41) is 5.55. The molecule has 132 valence electrons. The summed E-state index contributed by atoms with van der Waals surface area (Å²) in [6, 6.07) is 8.00. The molecule has 25 heavy (non-hydrogen) atoms. The molecule has 1 aromatic carbocycles. The number of carbonyl (C=O) groups is 2. The molecule has 0 aliphatic rings. The van der Waals surface area contributed by atoms with Crippen LogP contribution in [0.15, 0.2) is 42.7 Å². The Labute approximate surface area is 146 Å². The predicted molar refractivity (Wildman–Crippen MR) is 93.9 cm³/mol. The Morgan fingerprint density at radius 1 is 1.16 bits per heavy atom. The van der Waals surface area contributed by atoms with E-state index in [1.807, 2.05) is 13.8 Å². The van der Waals surface area contributed by atoms with E-state index in [1.54, 1.807) is 18.2 Å². The van der Waals surface area contributed by atoms with Gasteiger partial charge in [-0.05, 0) is 37.5 Å². The van der Waals surface area contributed by atoms with Gasteiger partial charge in [-0.25, -0.2) is 4.39 Å². The van der Waals surface area contributed by atoms with E-state index in [4.69, 9.17) is 0 Å². The summed E-state index contributed by atoms with van der Waals surface area (Å²) < 4.78 is 13.5. The second kappa shape index (κ2) is 8.92. The van der Waals surface area contributed by atoms with Crippen molar-refractivity contribution < 1.29 is 14.0 Å². The lowest BCUT2D eigenvalue weighted by atomic mass is 10.1. The second-order valence-corrected chi connectivity index (χ2v) is 5.84. The number of hydrogen-bond acceptors (Lipinski definition) is 3. The number of benzene rings is 1. The fourth-order valence-corrected chi connectivity index (χ4v) is 2.21. The molecule has 0 aliphatic heterocycles. The monoisotopic (exact) mass is 343 g/mol. The van der Waals surface area contributed by atoms with Gasteiger partial charge in [0.2, 0.25) is 0 Å². The van der Waals surface area contributed by atoms with E-state index in [2.05, 4.69) is 15.6 Å². The number of aromatic nitrogens is 1. The van der Waals surface area contributed by atoms with Crippen LogP contribution in [0.5, 0.6) is 0 Å². The lowest BCUT2D eigenvalue weighted by Crippen LogP contribution is -2.32. The number of amides is 2. The Morgan fingerprint density at radius 3 is 2.52 bits per heavy atom. The largest absolute Gasteiger partial charge is 0.352 e. The molecule has 1 unspecified atom stereocenters. The lowest BCUT2D eigenvalue weighted by Gasteiger charge is -2.11. The first-order valence-corrected chi connectivity index (χ1v) is 8.28. The summed E-state index contributed by atoms with van der Waals surface area (Å²) in [5.74, 6) is -0.896. The van der Waals surface area contributed by atoms with Crippen LogP contribution in [0, 0.1) is 5.82 Å². The van der Waals surface area contributed by atoms with E-state index in [-0.39, 0.29) is 23.7 Å². The van der Waals surface area contributed by atoms with Gasteiger partial charge >= 0.3 is 0 Å². The van der Waals surface area contributed by atoms with Gasteiger partial charge < -0.3 is 10.6 Å². The SMILES string of the molecule is CCC(C)NC(=O)c1cncc(C(=O)NCCc2ccccc2F)c1. The summed E-state index contributed by atoms with van der Waals surface area (Å²) in [6.07, 6.45) is 4.03. The standard InChI is InChI=1S/C19H22FN3O2/c1-3-13(2)23-19(25)16-10-15(11-21-12-16)18(24)22-9-8-14-6-4-5-7-17(14)20/h4-7,10-13H,3,8-9H2,1-2H3,(H,22,24)(H,23,25). The van der Waals surface area contributed by atoms with Gasteiger partial charge in [0.05, 0.1) is 11.1 Å². The summed E-state index contributed by atoms with van der Waals surface area (Å²) in [6.45, 7) is 4.18. The Hall–Kier alpha value is -2.76. The van der Waals surface area contributed by atoms with Gasteiger partial charge in [0.15, 0.2) is 0 Å². The van der Waals surface area contributed by atoms with Crippen LogP contribution in [0.25, 0.3) is 0 Å². The molecule has 0 saturated heterocycles. The van der Waals surface area contributed by atoms with Gasteiger partial charge in [-0.3, -0.25) is 14.6 Å². The molecule has 0 bridgehead atoms. The molecule has 1 aromatic heterocycles. The van der Waals surface area contributed by atoms with Crippen molar-refractivity contribution >= 4 is 11.8 Å². The highest BCUT2D eigenvalue weighted by Crippen LogP contribution is 2.07. The molecule has 2 amide bonds. The summed E-state index contributed by atoms with van der Waals surface area (Å²) in [4.78, 5) is 28.3. The quantitative estimate of drug-likeness (QED) is 0.812. The zero-order chi connectivity index (χ0) is 18.2. The fraction of sp³-hybridized carbons (Fsp3) is 0.316. The van der Waals surface area contributed by atoms with E-state index in [0.717, 1.165) is 6.42 Å². The molecule has 6 heteroatoms. The third-order valence-electron chi connectivity index (χ3n) is 3.89. The Morgan fingerprint density at radius 2 is 1.84 bits per heavy atom. The number of pyridine rings is 1. The van der Waals surface area contributed by atoms with Crippen LogP contribution in [0.3, 0.4) is 0 Å². The average molecular weight is 343 g/mol. The minimum Gasteiger partial charge on any atom is -0.352 e. The van der Waals surface area contributed by atoms with Crippen LogP contribution >= 0.6 is 0 Å².